The van der Waals surface area contributed by atoms with Crippen LogP contribution in [0.25, 0.3) is 16.7 Å². The summed E-state index contributed by atoms with van der Waals surface area (Å²) in [5.74, 6) is -0.0241. The summed E-state index contributed by atoms with van der Waals surface area (Å²) in [7, 11) is 0. The first-order valence-electron chi connectivity index (χ1n) is 5.87. The van der Waals surface area contributed by atoms with Gasteiger partial charge in [-0.25, -0.2) is 9.37 Å². The highest BCUT2D eigenvalue weighted by molar-refractivity contribution is 9.10. The maximum atomic E-state index is 13.8. The van der Waals surface area contributed by atoms with Crippen molar-refractivity contribution in [2.24, 2.45) is 0 Å². The van der Waals surface area contributed by atoms with Crippen molar-refractivity contribution >= 4 is 48.8 Å². The fourth-order valence-electron chi connectivity index (χ4n) is 2.14. The van der Waals surface area contributed by atoms with E-state index >= 15 is 0 Å². The van der Waals surface area contributed by atoms with Gasteiger partial charge in [-0.2, -0.15) is 0 Å². The molecule has 3 aromatic rings. The number of fused-ring (bicyclic) bond motifs is 1. The van der Waals surface area contributed by atoms with E-state index in [1.807, 2.05) is 25.1 Å². The monoisotopic (exact) mass is 397 g/mol. The molecule has 2 aromatic carbocycles. The predicted octanol–water partition coefficient (Wildman–Crippen LogP) is 4.58. The lowest BCUT2D eigenvalue weighted by Crippen LogP contribution is -2.01. The maximum Gasteiger partial charge on any atom is 0.205 e. The lowest BCUT2D eigenvalue weighted by molar-refractivity contribution is 0.622. The Labute approximate surface area is 131 Å². The molecule has 102 valence electrons. The van der Waals surface area contributed by atoms with E-state index in [0.717, 1.165) is 15.7 Å². The molecule has 0 saturated carbocycles. The van der Waals surface area contributed by atoms with Crippen LogP contribution in [0.15, 0.2) is 39.3 Å². The molecule has 0 spiro atoms. The van der Waals surface area contributed by atoms with E-state index in [1.54, 1.807) is 10.6 Å². The van der Waals surface area contributed by atoms with Crippen molar-refractivity contribution < 1.29 is 4.39 Å². The van der Waals surface area contributed by atoms with E-state index in [-0.39, 0.29) is 5.82 Å². The molecule has 0 amide bonds. The Morgan fingerprint density at radius 3 is 2.60 bits per heavy atom. The lowest BCUT2D eigenvalue weighted by Gasteiger charge is -2.10. The lowest BCUT2D eigenvalue weighted by atomic mass is 10.2. The van der Waals surface area contributed by atoms with Crippen LogP contribution in [0.5, 0.6) is 0 Å². The van der Waals surface area contributed by atoms with Gasteiger partial charge in [0.1, 0.15) is 5.82 Å². The summed E-state index contributed by atoms with van der Waals surface area (Å²) in [6.07, 6.45) is 0. The third-order valence-corrected chi connectivity index (χ3v) is 4.31. The molecule has 0 aliphatic rings. The molecule has 0 saturated heterocycles. The normalized spacial score (nSPS) is 11.2. The van der Waals surface area contributed by atoms with Gasteiger partial charge in [-0.1, -0.05) is 6.07 Å². The van der Waals surface area contributed by atoms with E-state index in [0.29, 0.717) is 21.5 Å². The molecule has 3 nitrogen and oxygen atoms in total. The predicted molar refractivity (Wildman–Crippen MR) is 85.6 cm³/mol. The summed E-state index contributed by atoms with van der Waals surface area (Å²) in [6, 6.07) is 8.93. The molecule has 0 aliphatic heterocycles. The number of anilines is 1. The number of imidazole rings is 1. The number of nitrogen functional groups attached to an aromatic ring is 1. The number of halogens is 3. The number of hydrogen-bond donors (Lipinski definition) is 1. The molecule has 1 aromatic heterocycles. The zero-order valence-corrected chi connectivity index (χ0v) is 13.7. The second-order valence-corrected chi connectivity index (χ2v) is 6.22. The van der Waals surface area contributed by atoms with Crippen LogP contribution in [0.1, 0.15) is 5.56 Å². The van der Waals surface area contributed by atoms with Crippen LogP contribution in [-0.4, -0.2) is 9.55 Å². The summed E-state index contributed by atoms with van der Waals surface area (Å²) in [5, 5.41) is 0. The quantitative estimate of drug-likeness (QED) is 0.651. The van der Waals surface area contributed by atoms with Crippen molar-refractivity contribution in [3.8, 4) is 5.69 Å². The fraction of sp³-hybridized carbons (Fsp3) is 0.0714. The molecule has 3 rings (SSSR count). The second kappa shape index (κ2) is 4.86. The van der Waals surface area contributed by atoms with Crippen LogP contribution < -0.4 is 5.73 Å². The Bertz CT molecular complexity index is 827. The van der Waals surface area contributed by atoms with E-state index in [4.69, 9.17) is 5.73 Å². The average Bonchev–Trinajstić information content (AvgIpc) is 2.66. The molecular formula is C14H10Br2FN3. The zero-order chi connectivity index (χ0) is 14.4. The highest BCUT2D eigenvalue weighted by Gasteiger charge is 2.14. The summed E-state index contributed by atoms with van der Waals surface area (Å²) in [5.41, 5.74) is 9.21. The Morgan fingerprint density at radius 1 is 1.15 bits per heavy atom. The molecule has 0 bridgehead atoms. The van der Waals surface area contributed by atoms with Crippen molar-refractivity contribution in [1.82, 2.24) is 9.55 Å². The summed E-state index contributed by atoms with van der Waals surface area (Å²) in [6.45, 7) is 2.00. The van der Waals surface area contributed by atoms with Crippen molar-refractivity contribution in [3.05, 3.63) is 50.7 Å². The van der Waals surface area contributed by atoms with Gasteiger partial charge in [0.2, 0.25) is 5.95 Å². The van der Waals surface area contributed by atoms with Gasteiger partial charge in [0.25, 0.3) is 0 Å². The first kappa shape index (κ1) is 13.6. The molecule has 20 heavy (non-hydrogen) atoms. The molecular weight excluding hydrogens is 389 g/mol. The van der Waals surface area contributed by atoms with Crippen molar-refractivity contribution in [2.75, 3.05) is 5.73 Å². The zero-order valence-electron chi connectivity index (χ0n) is 10.5. The van der Waals surface area contributed by atoms with E-state index in [1.165, 1.54) is 6.07 Å². The molecule has 1 heterocycles. The number of nitrogens with zero attached hydrogens (tertiary/aromatic N) is 2. The molecule has 0 fully saturated rings. The topological polar surface area (TPSA) is 43.8 Å². The SMILES string of the molecule is Cc1ccc(-n2c(N)nc3cc(Br)c(F)cc32)c(Br)c1. The van der Waals surface area contributed by atoms with Gasteiger partial charge in [0.05, 0.1) is 21.2 Å². The molecule has 0 atom stereocenters. The van der Waals surface area contributed by atoms with Crippen molar-refractivity contribution in [2.45, 2.75) is 6.92 Å². The first-order valence-corrected chi connectivity index (χ1v) is 7.45. The van der Waals surface area contributed by atoms with Gasteiger partial charge in [-0.3, -0.25) is 4.57 Å². The second-order valence-electron chi connectivity index (χ2n) is 4.52. The summed E-state index contributed by atoms with van der Waals surface area (Å²) < 4.78 is 16.8. The average molecular weight is 399 g/mol. The van der Waals surface area contributed by atoms with Crippen LogP contribution >= 0.6 is 31.9 Å². The summed E-state index contributed by atoms with van der Waals surface area (Å²) >= 11 is 6.67. The minimum Gasteiger partial charge on any atom is -0.369 e. The first-order chi connectivity index (χ1) is 9.47. The molecule has 0 aliphatic carbocycles. The Morgan fingerprint density at radius 2 is 1.90 bits per heavy atom. The minimum absolute atomic E-state index is 0.321. The van der Waals surface area contributed by atoms with Crippen LogP contribution in [0, 0.1) is 12.7 Å². The number of aromatic nitrogens is 2. The molecule has 2 N–H and O–H groups in total. The maximum absolute atomic E-state index is 13.8. The van der Waals surface area contributed by atoms with E-state index in [9.17, 15) is 4.39 Å². The Balaban J connectivity index is 2.35. The van der Waals surface area contributed by atoms with Crippen LogP contribution in [0.3, 0.4) is 0 Å². The largest absolute Gasteiger partial charge is 0.369 e. The van der Waals surface area contributed by atoms with E-state index in [2.05, 4.69) is 36.8 Å². The fourth-order valence-corrected chi connectivity index (χ4v) is 3.14. The minimum atomic E-state index is -0.345. The van der Waals surface area contributed by atoms with Gasteiger partial charge in [-0.15, -0.1) is 0 Å². The standard InChI is InChI=1S/C14H10Br2FN3/c1-7-2-3-12(9(16)4-7)20-13-6-10(17)8(15)5-11(13)19-14(20)18/h2-6H,1H3,(H2,18,19). The smallest absolute Gasteiger partial charge is 0.205 e. The van der Waals surface area contributed by atoms with Crippen LogP contribution in [0.2, 0.25) is 0 Å². The number of nitrogens with two attached hydrogens (primary N) is 1. The number of hydrogen-bond acceptors (Lipinski definition) is 2. The Hall–Kier alpha value is -1.40. The van der Waals surface area contributed by atoms with Gasteiger partial charge in [0.15, 0.2) is 0 Å². The van der Waals surface area contributed by atoms with Crippen molar-refractivity contribution in [1.29, 1.82) is 0 Å². The highest BCUT2D eigenvalue weighted by atomic mass is 79.9. The van der Waals surface area contributed by atoms with Crippen LogP contribution in [-0.2, 0) is 0 Å². The van der Waals surface area contributed by atoms with Crippen molar-refractivity contribution in [3.63, 3.8) is 0 Å². The van der Waals surface area contributed by atoms with Gasteiger partial charge >= 0.3 is 0 Å². The van der Waals surface area contributed by atoms with Gasteiger partial charge < -0.3 is 5.73 Å². The third kappa shape index (κ3) is 2.13. The molecule has 0 unspecified atom stereocenters. The molecule has 0 radical (unpaired) electrons. The number of aryl methyl sites for hydroxylation is 1. The van der Waals surface area contributed by atoms with Crippen LogP contribution in [0.4, 0.5) is 10.3 Å². The van der Waals surface area contributed by atoms with E-state index < -0.39 is 0 Å². The Kier molecular flexibility index (Phi) is 3.30. The number of benzene rings is 2. The van der Waals surface area contributed by atoms with Gasteiger partial charge in [-0.05, 0) is 62.5 Å². The summed E-state index contributed by atoms with van der Waals surface area (Å²) in [4.78, 5) is 4.28. The highest BCUT2D eigenvalue weighted by Crippen LogP contribution is 2.31. The number of rotatable bonds is 1. The molecule has 6 heteroatoms. The third-order valence-electron chi connectivity index (χ3n) is 3.07. The van der Waals surface area contributed by atoms with Gasteiger partial charge in [0, 0.05) is 10.5 Å².